The van der Waals surface area contributed by atoms with Crippen molar-refractivity contribution in [3.8, 4) is 5.75 Å². The topological polar surface area (TPSA) is 55.4 Å². The maximum absolute atomic E-state index is 12.3. The number of hydrogen-bond donors (Lipinski definition) is 1. The molecule has 0 spiro atoms. The predicted molar refractivity (Wildman–Crippen MR) is 88.3 cm³/mol. The molecule has 2 aromatic rings. The van der Waals surface area contributed by atoms with E-state index in [0.29, 0.717) is 16.5 Å². The van der Waals surface area contributed by atoms with Crippen LogP contribution in [0.2, 0.25) is 10.0 Å². The summed E-state index contributed by atoms with van der Waals surface area (Å²) in [6, 6.07) is 11.7. The SMILES string of the molecule is COc1ccc(Cl)cc1S(=O)(=O)NCCc1cccc(Cl)c1. The van der Waals surface area contributed by atoms with E-state index in [9.17, 15) is 8.42 Å². The summed E-state index contributed by atoms with van der Waals surface area (Å²) in [4.78, 5) is 0.0218. The van der Waals surface area contributed by atoms with Crippen molar-refractivity contribution < 1.29 is 13.2 Å². The van der Waals surface area contributed by atoms with E-state index in [2.05, 4.69) is 4.72 Å². The highest BCUT2D eigenvalue weighted by Crippen LogP contribution is 2.26. The Bertz CT molecular complexity index is 763. The second-order valence-electron chi connectivity index (χ2n) is 4.57. The second kappa shape index (κ2) is 7.33. The molecule has 0 radical (unpaired) electrons. The molecular weight excluding hydrogens is 345 g/mol. The lowest BCUT2D eigenvalue weighted by atomic mass is 10.2. The first-order valence-electron chi connectivity index (χ1n) is 6.50. The van der Waals surface area contributed by atoms with Crippen molar-refractivity contribution in [2.45, 2.75) is 11.3 Å². The lowest BCUT2D eigenvalue weighted by Crippen LogP contribution is -2.26. The fourth-order valence-electron chi connectivity index (χ4n) is 1.96. The molecule has 4 nitrogen and oxygen atoms in total. The molecule has 22 heavy (non-hydrogen) atoms. The smallest absolute Gasteiger partial charge is 0.244 e. The van der Waals surface area contributed by atoms with Crippen molar-refractivity contribution in [2.24, 2.45) is 0 Å². The molecule has 0 bridgehead atoms. The Balaban J connectivity index is 2.10. The molecule has 0 fully saturated rings. The lowest BCUT2D eigenvalue weighted by molar-refractivity contribution is 0.402. The number of halogens is 2. The fraction of sp³-hybridized carbons (Fsp3) is 0.200. The number of nitrogens with one attached hydrogen (secondary N) is 1. The summed E-state index contributed by atoms with van der Waals surface area (Å²) in [7, 11) is -2.29. The summed E-state index contributed by atoms with van der Waals surface area (Å²) >= 11 is 11.8. The average Bonchev–Trinajstić information content (AvgIpc) is 2.47. The molecule has 7 heteroatoms. The van der Waals surface area contributed by atoms with E-state index in [-0.39, 0.29) is 17.2 Å². The molecule has 0 atom stereocenters. The van der Waals surface area contributed by atoms with E-state index in [1.807, 2.05) is 12.1 Å². The molecule has 0 heterocycles. The van der Waals surface area contributed by atoms with E-state index >= 15 is 0 Å². The van der Waals surface area contributed by atoms with Crippen molar-refractivity contribution in [1.82, 2.24) is 4.72 Å². The third-order valence-corrected chi connectivity index (χ3v) is 4.96. The summed E-state index contributed by atoms with van der Waals surface area (Å²) in [6.45, 7) is 0.248. The molecule has 2 aromatic carbocycles. The molecule has 0 aliphatic heterocycles. The van der Waals surface area contributed by atoms with E-state index in [4.69, 9.17) is 27.9 Å². The van der Waals surface area contributed by atoms with Crippen LogP contribution in [0, 0.1) is 0 Å². The van der Waals surface area contributed by atoms with E-state index in [1.165, 1.54) is 19.2 Å². The van der Waals surface area contributed by atoms with Crippen LogP contribution in [0.1, 0.15) is 5.56 Å². The van der Waals surface area contributed by atoms with Crippen molar-refractivity contribution >= 4 is 33.2 Å². The molecule has 0 amide bonds. The van der Waals surface area contributed by atoms with Crippen LogP contribution in [-0.2, 0) is 16.4 Å². The zero-order valence-electron chi connectivity index (χ0n) is 11.8. The van der Waals surface area contributed by atoms with Crippen LogP contribution in [0.15, 0.2) is 47.4 Å². The van der Waals surface area contributed by atoms with Gasteiger partial charge in [-0.25, -0.2) is 13.1 Å². The number of sulfonamides is 1. The number of rotatable bonds is 6. The Morgan fingerprint density at radius 1 is 1.09 bits per heavy atom. The van der Waals surface area contributed by atoms with E-state index in [0.717, 1.165) is 5.56 Å². The third kappa shape index (κ3) is 4.36. The van der Waals surface area contributed by atoms with Crippen molar-refractivity contribution in [1.29, 1.82) is 0 Å². The van der Waals surface area contributed by atoms with E-state index < -0.39 is 10.0 Å². The average molecular weight is 360 g/mol. The molecule has 0 saturated heterocycles. The number of benzene rings is 2. The quantitative estimate of drug-likeness (QED) is 0.858. The molecule has 0 saturated carbocycles. The van der Waals surface area contributed by atoms with Crippen LogP contribution in [0.25, 0.3) is 0 Å². The largest absolute Gasteiger partial charge is 0.495 e. The minimum Gasteiger partial charge on any atom is -0.495 e. The van der Waals surface area contributed by atoms with Crippen LogP contribution >= 0.6 is 23.2 Å². The molecule has 118 valence electrons. The summed E-state index contributed by atoms with van der Waals surface area (Å²) in [6.07, 6.45) is 0.530. The summed E-state index contributed by atoms with van der Waals surface area (Å²) in [5.41, 5.74) is 0.952. The van der Waals surface area contributed by atoms with Crippen LogP contribution in [-0.4, -0.2) is 22.1 Å². The standard InChI is InChI=1S/C15H15Cl2NO3S/c1-21-14-6-5-13(17)10-15(14)22(19,20)18-8-7-11-3-2-4-12(16)9-11/h2-6,9-10,18H,7-8H2,1H3. The van der Waals surface area contributed by atoms with Gasteiger partial charge in [0.05, 0.1) is 7.11 Å². The van der Waals surface area contributed by atoms with Gasteiger partial charge in [0, 0.05) is 16.6 Å². The molecule has 0 aliphatic rings. The van der Waals surface area contributed by atoms with Gasteiger partial charge in [0.15, 0.2) is 0 Å². The highest BCUT2D eigenvalue weighted by molar-refractivity contribution is 7.89. The Morgan fingerprint density at radius 2 is 1.82 bits per heavy atom. The van der Waals surface area contributed by atoms with Gasteiger partial charge < -0.3 is 4.74 Å². The molecular formula is C15H15Cl2NO3S. The van der Waals surface area contributed by atoms with Crippen molar-refractivity contribution in [3.63, 3.8) is 0 Å². The van der Waals surface area contributed by atoms with Gasteiger partial charge in [-0.1, -0.05) is 35.3 Å². The Hall–Kier alpha value is -1.27. The first-order chi connectivity index (χ1) is 10.4. The number of ether oxygens (including phenoxy) is 1. The summed E-state index contributed by atoms with van der Waals surface area (Å²) in [5, 5.41) is 0.952. The predicted octanol–water partition coefficient (Wildman–Crippen LogP) is 3.52. The van der Waals surface area contributed by atoms with Gasteiger partial charge in [0.2, 0.25) is 10.0 Å². The van der Waals surface area contributed by atoms with Crippen LogP contribution < -0.4 is 9.46 Å². The zero-order chi connectivity index (χ0) is 16.2. The van der Waals surface area contributed by atoms with E-state index in [1.54, 1.807) is 18.2 Å². The number of hydrogen-bond acceptors (Lipinski definition) is 3. The lowest BCUT2D eigenvalue weighted by Gasteiger charge is -2.11. The van der Waals surface area contributed by atoms with Gasteiger partial charge in [-0.15, -0.1) is 0 Å². The minimum atomic E-state index is -3.70. The van der Waals surface area contributed by atoms with Crippen LogP contribution in [0.3, 0.4) is 0 Å². The Labute approximate surface area is 140 Å². The van der Waals surface area contributed by atoms with Crippen LogP contribution in [0.4, 0.5) is 0 Å². The first-order valence-corrected chi connectivity index (χ1v) is 8.74. The minimum absolute atomic E-state index is 0.0218. The van der Waals surface area contributed by atoms with Crippen LogP contribution in [0.5, 0.6) is 5.75 Å². The molecule has 2 rings (SSSR count). The molecule has 1 N–H and O–H groups in total. The molecule has 0 aromatic heterocycles. The maximum atomic E-state index is 12.3. The Morgan fingerprint density at radius 3 is 2.50 bits per heavy atom. The number of methoxy groups -OCH3 is 1. The van der Waals surface area contributed by atoms with Gasteiger partial charge in [0.25, 0.3) is 0 Å². The third-order valence-electron chi connectivity index (χ3n) is 3.01. The summed E-state index contributed by atoms with van der Waals surface area (Å²) in [5.74, 6) is 0.250. The van der Waals surface area contributed by atoms with Gasteiger partial charge in [-0.2, -0.15) is 0 Å². The van der Waals surface area contributed by atoms with Crippen molar-refractivity contribution in [2.75, 3.05) is 13.7 Å². The zero-order valence-corrected chi connectivity index (χ0v) is 14.2. The van der Waals surface area contributed by atoms with Gasteiger partial charge >= 0.3 is 0 Å². The first kappa shape index (κ1) is 17.1. The maximum Gasteiger partial charge on any atom is 0.244 e. The van der Waals surface area contributed by atoms with Gasteiger partial charge in [0.1, 0.15) is 10.6 Å². The van der Waals surface area contributed by atoms with Gasteiger partial charge in [-0.05, 0) is 42.3 Å². The summed E-state index contributed by atoms with van der Waals surface area (Å²) < 4.78 is 32.3. The normalized spacial score (nSPS) is 11.4. The Kier molecular flexibility index (Phi) is 5.69. The monoisotopic (exact) mass is 359 g/mol. The van der Waals surface area contributed by atoms with Crippen molar-refractivity contribution in [3.05, 3.63) is 58.1 Å². The molecule has 0 unspecified atom stereocenters. The highest BCUT2D eigenvalue weighted by Gasteiger charge is 2.19. The second-order valence-corrected chi connectivity index (χ2v) is 7.18. The highest BCUT2D eigenvalue weighted by atomic mass is 35.5. The van der Waals surface area contributed by atoms with Gasteiger partial charge in [-0.3, -0.25) is 0 Å². The fourth-order valence-corrected chi connectivity index (χ4v) is 3.63. The molecule has 0 aliphatic carbocycles.